The fraction of sp³-hybridized carbons (Fsp3) is 0.250. The first-order chi connectivity index (χ1) is 7.66. The number of aryl methyl sites for hydroxylation is 1. The molecule has 0 atom stereocenters. The van der Waals surface area contributed by atoms with Gasteiger partial charge >= 0.3 is 0 Å². The number of nitrogen functional groups attached to an aromatic ring is 1. The number of benzene rings is 1. The maximum absolute atomic E-state index is 5.99. The summed E-state index contributed by atoms with van der Waals surface area (Å²) in [6, 6.07) is 6.12. The SMILES string of the molecule is Cc1ccc(N(C)Cc2cscn2)c(N)c1. The lowest BCUT2D eigenvalue weighted by Crippen LogP contribution is -2.17. The molecule has 0 aliphatic rings. The number of hydrogen-bond donors (Lipinski definition) is 1. The van der Waals surface area contributed by atoms with E-state index in [1.165, 1.54) is 5.56 Å². The zero-order valence-corrected chi connectivity index (χ0v) is 10.3. The van der Waals surface area contributed by atoms with Crippen molar-refractivity contribution in [1.82, 2.24) is 4.98 Å². The van der Waals surface area contributed by atoms with Gasteiger partial charge in [0.15, 0.2) is 0 Å². The van der Waals surface area contributed by atoms with Gasteiger partial charge in [-0.2, -0.15) is 0 Å². The summed E-state index contributed by atoms with van der Waals surface area (Å²) >= 11 is 1.61. The van der Waals surface area contributed by atoms with Gasteiger partial charge in [-0.05, 0) is 24.6 Å². The number of nitrogens with zero attached hydrogens (tertiary/aromatic N) is 2. The Labute approximate surface area is 99.5 Å². The van der Waals surface area contributed by atoms with Crippen LogP contribution >= 0.6 is 11.3 Å². The second-order valence-corrected chi connectivity index (χ2v) is 4.62. The van der Waals surface area contributed by atoms with E-state index >= 15 is 0 Å². The monoisotopic (exact) mass is 233 g/mol. The Morgan fingerprint density at radius 2 is 2.25 bits per heavy atom. The summed E-state index contributed by atoms with van der Waals surface area (Å²) in [5.74, 6) is 0. The number of nitrogens with two attached hydrogens (primary N) is 1. The predicted molar refractivity (Wildman–Crippen MR) is 69.8 cm³/mol. The molecule has 16 heavy (non-hydrogen) atoms. The number of anilines is 2. The van der Waals surface area contributed by atoms with Crippen molar-refractivity contribution in [3.8, 4) is 0 Å². The van der Waals surface area contributed by atoms with Crippen molar-refractivity contribution < 1.29 is 0 Å². The Bertz CT molecular complexity index is 465. The molecule has 0 radical (unpaired) electrons. The minimum atomic E-state index is 0.788. The van der Waals surface area contributed by atoms with Gasteiger partial charge in [0.05, 0.1) is 29.1 Å². The summed E-state index contributed by atoms with van der Waals surface area (Å²) in [6.45, 7) is 2.83. The second-order valence-electron chi connectivity index (χ2n) is 3.90. The molecule has 1 aromatic heterocycles. The number of rotatable bonds is 3. The van der Waals surface area contributed by atoms with Gasteiger partial charge in [0, 0.05) is 12.4 Å². The van der Waals surface area contributed by atoms with Crippen LogP contribution in [0.5, 0.6) is 0 Å². The van der Waals surface area contributed by atoms with E-state index in [0.29, 0.717) is 0 Å². The highest BCUT2D eigenvalue weighted by atomic mass is 32.1. The van der Waals surface area contributed by atoms with E-state index in [1.54, 1.807) is 11.3 Å². The zero-order valence-electron chi connectivity index (χ0n) is 9.47. The Hall–Kier alpha value is -1.55. The molecule has 0 unspecified atom stereocenters. The summed E-state index contributed by atoms with van der Waals surface area (Å²) in [7, 11) is 2.03. The zero-order chi connectivity index (χ0) is 11.5. The van der Waals surface area contributed by atoms with Gasteiger partial charge in [-0.25, -0.2) is 4.98 Å². The smallest absolute Gasteiger partial charge is 0.0795 e. The van der Waals surface area contributed by atoms with E-state index in [4.69, 9.17) is 5.73 Å². The number of thiazole rings is 1. The molecule has 0 aliphatic carbocycles. The fourth-order valence-electron chi connectivity index (χ4n) is 1.67. The van der Waals surface area contributed by atoms with Gasteiger partial charge in [0.25, 0.3) is 0 Å². The van der Waals surface area contributed by atoms with Crippen molar-refractivity contribution in [3.63, 3.8) is 0 Å². The lowest BCUT2D eigenvalue weighted by molar-refractivity contribution is 0.896. The predicted octanol–water partition coefficient (Wildman–Crippen LogP) is 2.67. The van der Waals surface area contributed by atoms with Crippen LogP contribution in [0.4, 0.5) is 11.4 Å². The van der Waals surface area contributed by atoms with E-state index in [2.05, 4.69) is 27.4 Å². The minimum Gasteiger partial charge on any atom is -0.397 e. The molecule has 0 amide bonds. The Balaban J connectivity index is 2.17. The topological polar surface area (TPSA) is 42.2 Å². The van der Waals surface area contributed by atoms with E-state index < -0.39 is 0 Å². The third-order valence-electron chi connectivity index (χ3n) is 2.48. The van der Waals surface area contributed by atoms with E-state index in [9.17, 15) is 0 Å². The fourth-order valence-corrected chi connectivity index (χ4v) is 2.21. The van der Waals surface area contributed by atoms with Gasteiger partial charge in [-0.15, -0.1) is 11.3 Å². The number of aromatic nitrogens is 1. The molecule has 0 fully saturated rings. The summed E-state index contributed by atoms with van der Waals surface area (Å²) in [4.78, 5) is 6.38. The van der Waals surface area contributed by atoms with Gasteiger partial charge in [-0.3, -0.25) is 0 Å². The molecule has 0 aliphatic heterocycles. The molecular formula is C12H15N3S. The van der Waals surface area contributed by atoms with Crippen molar-refractivity contribution in [3.05, 3.63) is 40.3 Å². The van der Waals surface area contributed by atoms with E-state index in [-0.39, 0.29) is 0 Å². The standard InChI is InChI=1S/C12H15N3S/c1-9-3-4-12(11(13)5-9)15(2)6-10-7-16-8-14-10/h3-5,7-8H,6,13H2,1-2H3. The average Bonchev–Trinajstić information content (AvgIpc) is 2.70. The molecule has 0 bridgehead atoms. The van der Waals surface area contributed by atoms with Crippen molar-refractivity contribution in [2.75, 3.05) is 17.7 Å². The number of hydrogen-bond acceptors (Lipinski definition) is 4. The van der Waals surface area contributed by atoms with Crippen molar-refractivity contribution in [1.29, 1.82) is 0 Å². The maximum atomic E-state index is 5.99. The molecule has 1 aromatic carbocycles. The van der Waals surface area contributed by atoms with Crippen molar-refractivity contribution >= 4 is 22.7 Å². The lowest BCUT2D eigenvalue weighted by atomic mass is 10.2. The van der Waals surface area contributed by atoms with Crippen LogP contribution < -0.4 is 10.6 Å². The van der Waals surface area contributed by atoms with Crippen molar-refractivity contribution in [2.45, 2.75) is 13.5 Å². The molecular weight excluding hydrogens is 218 g/mol. The molecule has 3 nitrogen and oxygen atoms in total. The third-order valence-corrected chi connectivity index (χ3v) is 3.11. The summed E-state index contributed by atoms with van der Waals surface area (Å²) in [5.41, 5.74) is 12.0. The van der Waals surface area contributed by atoms with Crippen LogP contribution in [0.3, 0.4) is 0 Å². The van der Waals surface area contributed by atoms with Crippen LogP contribution in [0.25, 0.3) is 0 Å². The first-order valence-electron chi connectivity index (χ1n) is 5.11. The molecule has 0 saturated carbocycles. The molecule has 2 aromatic rings. The largest absolute Gasteiger partial charge is 0.397 e. The highest BCUT2D eigenvalue weighted by Gasteiger charge is 2.06. The van der Waals surface area contributed by atoms with E-state index in [0.717, 1.165) is 23.6 Å². The Kier molecular flexibility index (Phi) is 3.10. The highest BCUT2D eigenvalue weighted by Crippen LogP contribution is 2.24. The van der Waals surface area contributed by atoms with Gasteiger partial charge in [-0.1, -0.05) is 6.07 Å². The maximum Gasteiger partial charge on any atom is 0.0795 e. The normalized spacial score (nSPS) is 10.4. The third kappa shape index (κ3) is 2.33. The van der Waals surface area contributed by atoms with Crippen LogP contribution in [-0.4, -0.2) is 12.0 Å². The van der Waals surface area contributed by atoms with Gasteiger partial charge in [0.1, 0.15) is 0 Å². The summed E-state index contributed by atoms with van der Waals surface area (Å²) in [5, 5.41) is 2.06. The molecule has 0 saturated heterocycles. The van der Waals surface area contributed by atoms with Crippen LogP contribution in [0, 0.1) is 6.92 Å². The van der Waals surface area contributed by atoms with Gasteiger partial charge < -0.3 is 10.6 Å². The highest BCUT2D eigenvalue weighted by molar-refractivity contribution is 7.07. The summed E-state index contributed by atoms with van der Waals surface area (Å²) < 4.78 is 0. The Morgan fingerprint density at radius 3 is 2.88 bits per heavy atom. The first kappa shape index (κ1) is 11.0. The molecule has 2 rings (SSSR count). The lowest BCUT2D eigenvalue weighted by Gasteiger charge is -2.20. The van der Waals surface area contributed by atoms with E-state index in [1.807, 2.05) is 25.5 Å². The first-order valence-corrected chi connectivity index (χ1v) is 6.05. The molecule has 0 spiro atoms. The van der Waals surface area contributed by atoms with Gasteiger partial charge in [0.2, 0.25) is 0 Å². The summed E-state index contributed by atoms with van der Waals surface area (Å²) in [6.07, 6.45) is 0. The Morgan fingerprint density at radius 1 is 1.44 bits per heavy atom. The molecule has 4 heteroatoms. The van der Waals surface area contributed by atoms with Crippen molar-refractivity contribution in [2.24, 2.45) is 0 Å². The van der Waals surface area contributed by atoms with Crippen LogP contribution in [0.15, 0.2) is 29.1 Å². The quantitative estimate of drug-likeness (QED) is 0.829. The molecule has 1 heterocycles. The minimum absolute atomic E-state index is 0.788. The molecule has 2 N–H and O–H groups in total. The van der Waals surface area contributed by atoms with Crippen LogP contribution in [-0.2, 0) is 6.54 Å². The average molecular weight is 233 g/mol. The molecule has 84 valence electrons. The van der Waals surface area contributed by atoms with Crippen LogP contribution in [0.1, 0.15) is 11.3 Å². The van der Waals surface area contributed by atoms with Crippen LogP contribution in [0.2, 0.25) is 0 Å². The second kappa shape index (κ2) is 4.53.